The van der Waals surface area contributed by atoms with E-state index in [1.165, 1.54) is 41.6 Å². The van der Waals surface area contributed by atoms with Gasteiger partial charge in [-0.15, -0.1) is 0 Å². The summed E-state index contributed by atoms with van der Waals surface area (Å²) in [4.78, 5) is 31.1. The number of benzene rings is 2. The van der Waals surface area contributed by atoms with E-state index < -0.39 is 6.04 Å². The van der Waals surface area contributed by atoms with Gasteiger partial charge in [0.15, 0.2) is 0 Å². The van der Waals surface area contributed by atoms with Crippen molar-refractivity contribution in [2.45, 2.75) is 19.0 Å². The molecule has 1 aliphatic heterocycles. The van der Waals surface area contributed by atoms with Gasteiger partial charge in [0, 0.05) is 12.2 Å². The van der Waals surface area contributed by atoms with E-state index in [-0.39, 0.29) is 30.1 Å². The van der Waals surface area contributed by atoms with Crippen LogP contribution in [0.1, 0.15) is 6.42 Å². The molecule has 166 valence electrons. The molecule has 0 bridgehead atoms. The maximum atomic E-state index is 13.0. The van der Waals surface area contributed by atoms with Crippen LogP contribution >= 0.6 is 0 Å². The van der Waals surface area contributed by atoms with Crippen LogP contribution in [0.25, 0.3) is 0 Å². The van der Waals surface area contributed by atoms with Gasteiger partial charge in [-0.25, -0.2) is 14.1 Å². The summed E-state index contributed by atoms with van der Waals surface area (Å²) in [6, 6.07) is 11.9. The molecule has 0 saturated carbocycles. The van der Waals surface area contributed by atoms with Crippen molar-refractivity contribution in [1.82, 2.24) is 19.7 Å². The van der Waals surface area contributed by atoms with E-state index in [9.17, 15) is 14.0 Å². The second-order valence-electron chi connectivity index (χ2n) is 7.56. The predicted octanol–water partition coefficient (Wildman–Crippen LogP) is 2.02. The van der Waals surface area contributed by atoms with E-state index in [2.05, 4.69) is 15.4 Å². The minimum Gasteiger partial charge on any atom is -0.457 e. The van der Waals surface area contributed by atoms with E-state index in [4.69, 9.17) is 10.5 Å². The smallest absolute Gasteiger partial charge is 0.247 e. The standard InChI is InChI=1S/C22H23FN6O3/c23-16-1-5-18(6-2-16)32-19-7-3-17(4-8-19)27-22(31)20-9-15(10-24)11-29(20)21(30)12-28-14-25-13-26-28/h1-8,13-15,20H,9-12,24H2,(H,27,31). The molecule has 0 radical (unpaired) electrons. The Labute approximate surface area is 184 Å². The van der Waals surface area contributed by atoms with Crippen LogP contribution in [0.15, 0.2) is 61.2 Å². The van der Waals surface area contributed by atoms with E-state index in [0.717, 1.165) is 0 Å². The Morgan fingerprint density at radius 3 is 2.44 bits per heavy atom. The first-order valence-corrected chi connectivity index (χ1v) is 10.2. The van der Waals surface area contributed by atoms with Gasteiger partial charge >= 0.3 is 0 Å². The van der Waals surface area contributed by atoms with Crippen molar-refractivity contribution < 1.29 is 18.7 Å². The van der Waals surface area contributed by atoms with E-state index in [0.29, 0.717) is 36.7 Å². The zero-order valence-corrected chi connectivity index (χ0v) is 17.2. The molecule has 3 N–H and O–H groups in total. The largest absolute Gasteiger partial charge is 0.457 e. The number of ether oxygens (including phenoxy) is 1. The summed E-state index contributed by atoms with van der Waals surface area (Å²) in [5.41, 5.74) is 6.37. The molecule has 2 amide bonds. The highest BCUT2D eigenvalue weighted by atomic mass is 19.1. The third kappa shape index (κ3) is 5.09. The molecule has 0 spiro atoms. The molecule has 1 aliphatic rings. The number of likely N-dealkylation sites (tertiary alicyclic amines) is 1. The van der Waals surface area contributed by atoms with E-state index >= 15 is 0 Å². The number of halogens is 1. The summed E-state index contributed by atoms with van der Waals surface area (Å²) in [6.07, 6.45) is 3.31. The van der Waals surface area contributed by atoms with Crippen LogP contribution in [0, 0.1) is 11.7 Å². The summed E-state index contributed by atoms with van der Waals surface area (Å²) in [5.74, 6) is 0.270. The zero-order chi connectivity index (χ0) is 22.5. The van der Waals surface area contributed by atoms with Crippen molar-refractivity contribution in [1.29, 1.82) is 0 Å². The summed E-state index contributed by atoms with van der Waals surface area (Å²) in [6.45, 7) is 0.829. The molecule has 2 unspecified atom stereocenters. The first kappa shape index (κ1) is 21.4. The maximum Gasteiger partial charge on any atom is 0.247 e. The predicted molar refractivity (Wildman–Crippen MR) is 114 cm³/mol. The molecule has 3 aromatic rings. The molecule has 2 heterocycles. The van der Waals surface area contributed by atoms with Gasteiger partial charge in [0.2, 0.25) is 11.8 Å². The van der Waals surface area contributed by atoms with Gasteiger partial charge in [0.25, 0.3) is 0 Å². The van der Waals surface area contributed by atoms with Gasteiger partial charge in [-0.1, -0.05) is 0 Å². The van der Waals surface area contributed by atoms with Gasteiger partial charge in [-0.05, 0) is 67.4 Å². The number of nitrogens with zero attached hydrogens (tertiary/aromatic N) is 4. The number of rotatable bonds is 7. The Hall–Kier alpha value is -3.79. The van der Waals surface area contributed by atoms with Gasteiger partial charge in [0.05, 0.1) is 0 Å². The first-order valence-electron chi connectivity index (χ1n) is 10.2. The number of hydrogen-bond donors (Lipinski definition) is 2. The minimum absolute atomic E-state index is 0.0104. The summed E-state index contributed by atoms with van der Waals surface area (Å²) < 4.78 is 20.1. The zero-order valence-electron chi connectivity index (χ0n) is 17.2. The summed E-state index contributed by atoms with van der Waals surface area (Å²) in [5, 5.41) is 6.81. The fraction of sp³-hybridized carbons (Fsp3) is 0.273. The van der Waals surface area contributed by atoms with Crippen LogP contribution < -0.4 is 15.8 Å². The first-order chi connectivity index (χ1) is 15.5. The van der Waals surface area contributed by atoms with Crippen LogP contribution in [-0.4, -0.2) is 50.6 Å². The van der Waals surface area contributed by atoms with Crippen molar-refractivity contribution in [2.24, 2.45) is 11.7 Å². The number of carbonyl (C=O) groups is 2. The van der Waals surface area contributed by atoms with Crippen LogP contribution in [0.2, 0.25) is 0 Å². The number of nitrogens with one attached hydrogen (secondary N) is 1. The molecular weight excluding hydrogens is 415 g/mol. The monoisotopic (exact) mass is 438 g/mol. The lowest BCUT2D eigenvalue weighted by Crippen LogP contribution is -2.44. The minimum atomic E-state index is -0.616. The lowest BCUT2D eigenvalue weighted by atomic mass is 10.1. The van der Waals surface area contributed by atoms with E-state index in [1.807, 2.05) is 0 Å². The van der Waals surface area contributed by atoms with Crippen molar-refractivity contribution in [3.05, 3.63) is 67.0 Å². The Morgan fingerprint density at radius 1 is 1.12 bits per heavy atom. The number of aromatic nitrogens is 3. The molecule has 10 heteroatoms. The topological polar surface area (TPSA) is 115 Å². The third-order valence-electron chi connectivity index (χ3n) is 5.28. The van der Waals surface area contributed by atoms with Crippen LogP contribution in [-0.2, 0) is 16.1 Å². The number of nitrogens with two attached hydrogens (primary N) is 1. The van der Waals surface area contributed by atoms with Crippen molar-refractivity contribution in [2.75, 3.05) is 18.4 Å². The SMILES string of the molecule is NCC1CC(C(=O)Nc2ccc(Oc3ccc(F)cc3)cc2)N(C(=O)Cn2cncn2)C1. The fourth-order valence-corrected chi connectivity index (χ4v) is 3.63. The quantitative estimate of drug-likeness (QED) is 0.583. The average molecular weight is 438 g/mol. The van der Waals surface area contributed by atoms with Gasteiger partial charge in [0.1, 0.15) is 42.6 Å². The number of carbonyl (C=O) groups excluding carboxylic acids is 2. The Balaban J connectivity index is 1.39. The van der Waals surface area contributed by atoms with Crippen molar-refractivity contribution >= 4 is 17.5 Å². The number of hydrogen-bond acceptors (Lipinski definition) is 6. The Bertz CT molecular complexity index is 1060. The fourth-order valence-electron chi connectivity index (χ4n) is 3.63. The normalized spacial score (nSPS) is 17.9. The Morgan fingerprint density at radius 2 is 1.81 bits per heavy atom. The van der Waals surface area contributed by atoms with Crippen molar-refractivity contribution in [3.8, 4) is 11.5 Å². The summed E-state index contributed by atoms with van der Waals surface area (Å²) >= 11 is 0. The lowest BCUT2D eigenvalue weighted by Gasteiger charge is -2.24. The molecule has 1 saturated heterocycles. The number of amides is 2. The third-order valence-corrected chi connectivity index (χ3v) is 5.28. The van der Waals surface area contributed by atoms with Gasteiger partial charge in [-0.2, -0.15) is 5.10 Å². The molecule has 2 aromatic carbocycles. The van der Waals surface area contributed by atoms with Gasteiger partial charge < -0.3 is 20.7 Å². The van der Waals surface area contributed by atoms with Crippen LogP contribution in [0.5, 0.6) is 11.5 Å². The second-order valence-corrected chi connectivity index (χ2v) is 7.56. The van der Waals surface area contributed by atoms with Crippen molar-refractivity contribution in [3.63, 3.8) is 0 Å². The maximum absolute atomic E-state index is 13.0. The molecule has 32 heavy (non-hydrogen) atoms. The highest BCUT2D eigenvalue weighted by molar-refractivity contribution is 5.97. The molecule has 9 nitrogen and oxygen atoms in total. The molecule has 1 fully saturated rings. The molecular formula is C22H23FN6O3. The molecule has 2 atom stereocenters. The molecule has 4 rings (SSSR count). The lowest BCUT2D eigenvalue weighted by molar-refractivity contribution is -0.137. The second kappa shape index (κ2) is 9.56. The van der Waals surface area contributed by atoms with Gasteiger partial charge in [-0.3, -0.25) is 9.59 Å². The van der Waals surface area contributed by atoms with Crippen LogP contribution in [0.4, 0.5) is 10.1 Å². The highest BCUT2D eigenvalue weighted by Gasteiger charge is 2.39. The molecule has 1 aromatic heterocycles. The Kier molecular flexibility index (Phi) is 6.41. The van der Waals surface area contributed by atoms with Crippen LogP contribution in [0.3, 0.4) is 0 Å². The van der Waals surface area contributed by atoms with E-state index in [1.54, 1.807) is 29.2 Å². The average Bonchev–Trinajstić information content (AvgIpc) is 3.46. The summed E-state index contributed by atoms with van der Waals surface area (Å²) in [7, 11) is 0. The number of anilines is 1. The molecule has 0 aliphatic carbocycles. The highest BCUT2D eigenvalue weighted by Crippen LogP contribution is 2.26.